The zero-order valence-electron chi connectivity index (χ0n) is 11.8. The number of carbonyl (C=O) groups excluding carboxylic acids is 1. The number of methoxy groups -OCH3 is 1. The van der Waals surface area contributed by atoms with Crippen LogP contribution in [0.1, 0.15) is 26.2 Å². The fraction of sp³-hybridized carbons (Fsp3) is 0.900. The minimum Gasteiger partial charge on any atom is -0.469 e. The molecule has 0 heterocycles. The summed E-state index contributed by atoms with van der Waals surface area (Å²) in [6.07, 6.45) is 1.91. The van der Waals surface area contributed by atoms with Crippen molar-refractivity contribution < 1.29 is 44.3 Å². The predicted molar refractivity (Wildman–Crippen MR) is 71.9 cm³/mol. The molecule has 0 spiro atoms. The number of rotatable bonds is 5. The van der Waals surface area contributed by atoms with Crippen molar-refractivity contribution in [1.29, 1.82) is 0 Å². The largest absolute Gasteiger partial charge is 0.692 e. The maximum atomic E-state index is 9.96. The van der Waals surface area contributed by atoms with Crippen LogP contribution in [-0.2, 0) is 14.1 Å². The van der Waals surface area contributed by atoms with Gasteiger partial charge in [0.2, 0.25) is 0 Å². The second-order valence-electron chi connectivity index (χ2n) is 2.78. The Morgan fingerprint density at radius 3 is 1.30 bits per heavy atom. The average molecular weight is 321 g/mol. The Bertz CT molecular complexity index is 174. The number of carbonyl (C=O) groups is 1. The normalized spacial score (nSPS) is 7.80. The Balaban J connectivity index is -0.0000000871. The highest BCUT2D eigenvalue weighted by Gasteiger charge is 1.93. The molecule has 0 aromatic rings. The SMILES string of the molecule is CCC(=O)OC.O=[P+](O)O.OCCCCO.OCCO. The van der Waals surface area contributed by atoms with Crippen molar-refractivity contribution >= 4 is 14.2 Å². The van der Waals surface area contributed by atoms with Crippen LogP contribution >= 0.6 is 8.25 Å². The monoisotopic (exact) mass is 321 g/mol. The van der Waals surface area contributed by atoms with E-state index >= 15 is 0 Å². The van der Waals surface area contributed by atoms with Gasteiger partial charge in [0.1, 0.15) is 0 Å². The molecule has 20 heavy (non-hydrogen) atoms. The van der Waals surface area contributed by atoms with E-state index < -0.39 is 8.25 Å². The Morgan fingerprint density at radius 1 is 0.950 bits per heavy atom. The number of hydrogen-bond donors (Lipinski definition) is 6. The second-order valence-corrected chi connectivity index (χ2v) is 3.29. The van der Waals surface area contributed by atoms with Gasteiger partial charge in [0.15, 0.2) is 0 Å². The Kier molecular flexibility index (Phi) is 42.8. The summed E-state index contributed by atoms with van der Waals surface area (Å²) in [6.45, 7) is 1.90. The zero-order chi connectivity index (χ0) is 16.8. The number of aliphatic hydroxyl groups is 4. The molecule has 0 aromatic heterocycles. The molecule has 6 N–H and O–H groups in total. The van der Waals surface area contributed by atoms with Crippen molar-refractivity contribution in [2.45, 2.75) is 26.2 Å². The highest BCUT2D eigenvalue weighted by Crippen LogP contribution is 1.98. The lowest BCUT2D eigenvalue weighted by atomic mass is 10.3. The number of unbranched alkanes of at least 4 members (excludes halogenated alkanes) is 1. The van der Waals surface area contributed by atoms with Crippen molar-refractivity contribution in [3.05, 3.63) is 0 Å². The van der Waals surface area contributed by atoms with E-state index in [0.29, 0.717) is 6.42 Å². The van der Waals surface area contributed by atoms with Crippen LogP contribution in [0.2, 0.25) is 0 Å². The van der Waals surface area contributed by atoms with Gasteiger partial charge in [-0.2, -0.15) is 0 Å². The molecule has 0 saturated carbocycles. The summed E-state index contributed by atoms with van der Waals surface area (Å²) in [4.78, 5) is 24.2. The molecule has 0 fully saturated rings. The lowest BCUT2D eigenvalue weighted by molar-refractivity contribution is -0.140. The predicted octanol–water partition coefficient (Wildman–Crippen LogP) is -1.08. The van der Waals surface area contributed by atoms with E-state index in [-0.39, 0.29) is 32.4 Å². The van der Waals surface area contributed by atoms with E-state index in [1.54, 1.807) is 6.92 Å². The van der Waals surface area contributed by atoms with Gasteiger partial charge < -0.3 is 25.2 Å². The van der Waals surface area contributed by atoms with Gasteiger partial charge in [-0.25, -0.2) is 0 Å². The second kappa shape index (κ2) is 31.0. The van der Waals surface area contributed by atoms with E-state index in [1.807, 2.05) is 0 Å². The minimum atomic E-state index is -2.87. The zero-order valence-corrected chi connectivity index (χ0v) is 12.7. The van der Waals surface area contributed by atoms with Gasteiger partial charge in [-0.15, -0.1) is 9.79 Å². The van der Waals surface area contributed by atoms with Gasteiger partial charge in [0, 0.05) is 24.2 Å². The molecule has 0 rings (SSSR count). The average Bonchev–Trinajstić information content (AvgIpc) is 2.44. The number of esters is 1. The lowest BCUT2D eigenvalue weighted by Gasteiger charge is -1.87. The molecule has 0 aliphatic rings. The van der Waals surface area contributed by atoms with Crippen molar-refractivity contribution in [3.8, 4) is 0 Å². The molecule has 0 amide bonds. The van der Waals surface area contributed by atoms with Crippen LogP contribution in [0, 0.1) is 0 Å². The maximum Gasteiger partial charge on any atom is 0.692 e. The molecule has 0 aliphatic carbocycles. The van der Waals surface area contributed by atoms with E-state index in [9.17, 15) is 4.79 Å². The Hall–Kier alpha value is -0.670. The molecule has 0 bridgehead atoms. The highest BCUT2D eigenvalue weighted by molar-refractivity contribution is 7.30. The molecular formula is C10H26O9P+. The first-order valence-electron chi connectivity index (χ1n) is 5.72. The fourth-order valence-electron chi connectivity index (χ4n) is 0.368. The molecule has 0 aromatic carbocycles. The van der Waals surface area contributed by atoms with Gasteiger partial charge >= 0.3 is 14.2 Å². The molecule has 0 radical (unpaired) electrons. The van der Waals surface area contributed by atoms with Gasteiger partial charge in [0.05, 0.1) is 20.3 Å². The summed E-state index contributed by atoms with van der Waals surface area (Å²) in [5.41, 5.74) is 0. The maximum absolute atomic E-state index is 9.96. The standard InChI is InChI=1S/C4H8O2.C4H10O2.C2H6O2.HO3P/c1-3-4(5)6-2;5-3-1-2-4-6;3-1-2-4;1-4(2)3/h3H2,1-2H3;5-6H,1-4H2;3-4H,1-2H2;(H-,1,2,3)/p+1. The number of hydrogen-bond acceptors (Lipinski definition) is 7. The fourth-order valence-corrected chi connectivity index (χ4v) is 0.368. The molecule has 9 nitrogen and oxygen atoms in total. The van der Waals surface area contributed by atoms with Crippen LogP contribution in [0.5, 0.6) is 0 Å². The van der Waals surface area contributed by atoms with E-state index in [0.717, 1.165) is 12.8 Å². The van der Waals surface area contributed by atoms with Crippen molar-refractivity contribution in [2.24, 2.45) is 0 Å². The molecular weight excluding hydrogens is 295 g/mol. The third-order valence-electron chi connectivity index (χ3n) is 1.18. The van der Waals surface area contributed by atoms with Crippen LogP contribution in [-0.4, -0.2) is 69.7 Å². The molecule has 0 unspecified atom stereocenters. The summed E-state index contributed by atoms with van der Waals surface area (Å²) in [5, 5.41) is 31.4. The summed E-state index contributed by atoms with van der Waals surface area (Å²) in [5.74, 6) is -0.157. The van der Waals surface area contributed by atoms with Crippen LogP contribution < -0.4 is 0 Å². The smallest absolute Gasteiger partial charge is 0.469 e. The first kappa shape index (κ1) is 27.6. The van der Waals surface area contributed by atoms with E-state index in [1.165, 1.54) is 7.11 Å². The summed E-state index contributed by atoms with van der Waals surface area (Å²) >= 11 is 0. The van der Waals surface area contributed by atoms with Gasteiger partial charge in [-0.3, -0.25) is 4.79 Å². The van der Waals surface area contributed by atoms with Gasteiger partial charge in [-0.1, -0.05) is 6.92 Å². The van der Waals surface area contributed by atoms with Gasteiger partial charge in [-0.05, 0) is 12.8 Å². The minimum absolute atomic E-state index is 0.125. The lowest BCUT2D eigenvalue weighted by Crippen LogP contribution is -1.94. The summed E-state index contributed by atoms with van der Waals surface area (Å²) < 4.78 is 13.0. The van der Waals surface area contributed by atoms with Crippen LogP contribution in [0.4, 0.5) is 0 Å². The highest BCUT2D eigenvalue weighted by atomic mass is 31.1. The third-order valence-corrected chi connectivity index (χ3v) is 1.18. The number of ether oxygens (including phenoxy) is 1. The third kappa shape index (κ3) is 86.0. The van der Waals surface area contributed by atoms with E-state index in [2.05, 4.69) is 4.74 Å². The molecule has 124 valence electrons. The van der Waals surface area contributed by atoms with Crippen LogP contribution in [0.15, 0.2) is 0 Å². The Morgan fingerprint density at radius 2 is 1.25 bits per heavy atom. The molecule has 0 atom stereocenters. The number of aliphatic hydroxyl groups excluding tert-OH is 4. The first-order chi connectivity index (χ1) is 9.37. The summed E-state index contributed by atoms with van der Waals surface area (Å²) in [6, 6.07) is 0. The van der Waals surface area contributed by atoms with E-state index in [4.69, 9.17) is 34.8 Å². The topological polar surface area (TPSA) is 165 Å². The first-order valence-corrected chi connectivity index (χ1v) is 6.89. The Labute approximate surface area is 119 Å². The molecule has 0 saturated heterocycles. The van der Waals surface area contributed by atoms with Crippen molar-refractivity contribution in [3.63, 3.8) is 0 Å². The quantitative estimate of drug-likeness (QED) is 0.210. The molecule has 10 heteroatoms. The van der Waals surface area contributed by atoms with Crippen molar-refractivity contribution in [2.75, 3.05) is 33.5 Å². The van der Waals surface area contributed by atoms with Crippen LogP contribution in [0.25, 0.3) is 0 Å². The van der Waals surface area contributed by atoms with Crippen molar-refractivity contribution in [1.82, 2.24) is 0 Å². The molecule has 0 aliphatic heterocycles. The van der Waals surface area contributed by atoms with Crippen LogP contribution in [0.3, 0.4) is 0 Å². The summed E-state index contributed by atoms with van der Waals surface area (Å²) in [7, 11) is -1.49. The van der Waals surface area contributed by atoms with Gasteiger partial charge in [0.25, 0.3) is 0 Å².